The van der Waals surface area contributed by atoms with Gasteiger partial charge in [-0.25, -0.2) is 4.68 Å². The van der Waals surface area contributed by atoms with Crippen molar-refractivity contribution in [3.63, 3.8) is 0 Å². The molecule has 1 saturated heterocycles. The second kappa shape index (κ2) is 7.80. The van der Waals surface area contributed by atoms with Crippen LogP contribution in [-0.2, 0) is 6.42 Å². The first-order chi connectivity index (χ1) is 12.4. The fraction of sp³-hybridized carbons (Fsp3) is 0.500. The minimum absolute atomic E-state index is 0.103. The first-order valence-electron chi connectivity index (χ1n) is 9.19. The summed E-state index contributed by atoms with van der Waals surface area (Å²) in [6.45, 7) is 9.64. The Balaban J connectivity index is 1.99. The zero-order valence-electron chi connectivity index (χ0n) is 16.0. The Labute approximate surface area is 160 Å². The van der Waals surface area contributed by atoms with E-state index in [-0.39, 0.29) is 5.91 Å². The third-order valence-electron chi connectivity index (χ3n) is 4.87. The van der Waals surface area contributed by atoms with Crippen molar-refractivity contribution in [3.8, 4) is 5.69 Å². The van der Waals surface area contributed by atoms with Crippen LogP contribution in [0.2, 0.25) is 5.02 Å². The first-order valence-corrected chi connectivity index (χ1v) is 9.57. The van der Waals surface area contributed by atoms with Gasteiger partial charge in [-0.15, -0.1) is 0 Å². The van der Waals surface area contributed by atoms with Crippen LogP contribution in [-0.4, -0.2) is 58.7 Å². The van der Waals surface area contributed by atoms with Gasteiger partial charge >= 0.3 is 0 Å². The summed E-state index contributed by atoms with van der Waals surface area (Å²) in [7, 11) is 2.09. The van der Waals surface area contributed by atoms with Crippen molar-refractivity contribution in [2.45, 2.75) is 27.2 Å². The molecule has 1 aliphatic rings. The average molecular weight is 375 g/mol. The normalized spacial score (nSPS) is 15.7. The van der Waals surface area contributed by atoms with Crippen LogP contribution >= 0.6 is 11.6 Å². The van der Waals surface area contributed by atoms with Crippen molar-refractivity contribution >= 4 is 17.5 Å². The van der Waals surface area contributed by atoms with Crippen molar-refractivity contribution < 1.29 is 4.79 Å². The molecule has 1 aromatic heterocycles. The molecule has 5 nitrogen and oxygen atoms in total. The van der Waals surface area contributed by atoms with E-state index >= 15 is 0 Å². The van der Waals surface area contributed by atoms with E-state index in [0.717, 1.165) is 55.2 Å². The number of hydrogen-bond acceptors (Lipinski definition) is 3. The molecular weight excluding hydrogens is 348 g/mol. The number of aromatic nitrogens is 2. The third-order valence-corrected chi connectivity index (χ3v) is 5.12. The summed E-state index contributed by atoms with van der Waals surface area (Å²) in [6, 6.07) is 7.57. The molecule has 3 rings (SSSR count). The van der Waals surface area contributed by atoms with Crippen LogP contribution in [0.25, 0.3) is 5.69 Å². The lowest BCUT2D eigenvalue weighted by molar-refractivity contribution is 0.0662. The molecule has 0 saturated carbocycles. The molecular formula is C20H27ClN4O. The Morgan fingerprint density at radius 2 is 1.77 bits per heavy atom. The minimum atomic E-state index is 0.103. The monoisotopic (exact) mass is 374 g/mol. The van der Waals surface area contributed by atoms with Gasteiger partial charge in [0.05, 0.1) is 22.6 Å². The van der Waals surface area contributed by atoms with Gasteiger partial charge in [0.1, 0.15) is 0 Å². The third kappa shape index (κ3) is 3.94. The molecule has 2 aromatic rings. The van der Waals surface area contributed by atoms with Crippen molar-refractivity contribution in [2.24, 2.45) is 5.92 Å². The summed E-state index contributed by atoms with van der Waals surface area (Å²) >= 11 is 6.01. The van der Waals surface area contributed by atoms with Crippen LogP contribution in [0.5, 0.6) is 0 Å². The highest BCUT2D eigenvalue weighted by Crippen LogP contribution is 2.24. The van der Waals surface area contributed by atoms with Crippen LogP contribution in [0, 0.1) is 12.8 Å². The largest absolute Gasteiger partial charge is 0.336 e. The highest BCUT2D eigenvalue weighted by molar-refractivity contribution is 6.30. The van der Waals surface area contributed by atoms with Gasteiger partial charge in [-0.2, -0.15) is 5.10 Å². The Morgan fingerprint density at radius 1 is 1.15 bits per heavy atom. The van der Waals surface area contributed by atoms with E-state index in [1.807, 2.05) is 40.8 Å². The number of piperazine rings is 1. The van der Waals surface area contributed by atoms with E-state index in [2.05, 4.69) is 25.8 Å². The number of hydrogen-bond donors (Lipinski definition) is 0. The van der Waals surface area contributed by atoms with Gasteiger partial charge in [-0.3, -0.25) is 4.79 Å². The number of likely N-dealkylation sites (N-methyl/N-ethyl adjacent to an activating group) is 1. The molecule has 26 heavy (non-hydrogen) atoms. The number of nitrogens with zero attached hydrogens (tertiary/aromatic N) is 4. The predicted molar refractivity (Wildman–Crippen MR) is 105 cm³/mol. The number of carbonyl (C=O) groups is 1. The molecule has 1 aliphatic heterocycles. The van der Waals surface area contributed by atoms with Gasteiger partial charge < -0.3 is 9.80 Å². The maximum atomic E-state index is 13.3. The highest BCUT2D eigenvalue weighted by atomic mass is 35.5. The zero-order valence-corrected chi connectivity index (χ0v) is 16.8. The van der Waals surface area contributed by atoms with Crippen LogP contribution in [0.4, 0.5) is 0 Å². The Morgan fingerprint density at radius 3 is 2.35 bits per heavy atom. The van der Waals surface area contributed by atoms with Gasteiger partial charge in [0.15, 0.2) is 0 Å². The molecule has 1 amide bonds. The van der Waals surface area contributed by atoms with Gasteiger partial charge in [-0.05, 0) is 50.6 Å². The quantitative estimate of drug-likeness (QED) is 0.823. The van der Waals surface area contributed by atoms with E-state index in [0.29, 0.717) is 10.9 Å². The predicted octanol–water partition coefficient (Wildman–Crippen LogP) is 3.42. The molecule has 0 bridgehead atoms. The molecule has 0 radical (unpaired) electrons. The molecule has 0 atom stereocenters. The summed E-state index contributed by atoms with van der Waals surface area (Å²) in [4.78, 5) is 17.5. The summed E-state index contributed by atoms with van der Waals surface area (Å²) in [6.07, 6.45) is 0.788. The van der Waals surface area contributed by atoms with E-state index < -0.39 is 0 Å². The van der Waals surface area contributed by atoms with Gasteiger partial charge in [0.25, 0.3) is 5.91 Å². The van der Waals surface area contributed by atoms with Crippen LogP contribution in [0.15, 0.2) is 24.3 Å². The number of benzene rings is 1. The summed E-state index contributed by atoms with van der Waals surface area (Å²) in [5.74, 6) is 0.536. The lowest BCUT2D eigenvalue weighted by Gasteiger charge is -2.32. The highest BCUT2D eigenvalue weighted by Gasteiger charge is 2.28. The minimum Gasteiger partial charge on any atom is -0.336 e. The second-order valence-electron chi connectivity index (χ2n) is 7.49. The molecule has 0 aliphatic carbocycles. The van der Waals surface area contributed by atoms with E-state index in [1.54, 1.807) is 0 Å². The zero-order chi connectivity index (χ0) is 18.8. The molecule has 140 valence electrons. The molecule has 0 spiro atoms. The Bertz CT molecular complexity index is 774. The number of rotatable bonds is 4. The second-order valence-corrected chi connectivity index (χ2v) is 7.93. The van der Waals surface area contributed by atoms with Crippen molar-refractivity contribution in [1.82, 2.24) is 19.6 Å². The summed E-state index contributed by atoms with van der Waals surface area (Å²) < 4.78 is 1.87. The topological polar surface area (TPSA) is 41.4 Å². The Hall–Kier alpha value is -1.85. The summed E-state index contributed by atoms with van der Waals surface area (Å²) in [5, 5.41) is 5.49. The first kappa shape index (κ1) is 18.9. The molecule has 2 heterocycles. The van der Waals surface area contributed by atoms with Gasteiger partial charge in [0, 0.05) is 31.2 Å². The summed E-state index contributed by atoms with van der Waals surface area (Å²) in [5.41, 5.74) is 3.47. The molecule has 1 fully saturated rings. The maximum absolute atomic E-state index is 13.3. The van der Waals surface area contributed by atoms with Crippen molar-refractivity contribution in [1.29, 1.82) is 0 Å². The Kier molecular flexibility index (Phi) is 5.68. The van der Waals surface area contributed by atoms with Crippen LogP contribution < -0.4 is 0 Å². The van der Waals surface area contributed by atoms with E-state index in [1.165, 1.54) is 0 Å². The number of amides is 1. The van der Waals surface area contributed by atoms with E-state index in [4.69, 9.17) is 16.7 Å². The number of carbonyl (C=O) groups excluding carboxylic acids is 1. The molecule has 0 N–H and O–H groups in total. The van der Waals surface area contributed by atoms with Gasteiger partial charge in [-0.1, -0.05) is 25.4 Å². The van der Waals surface area contributed by atoms with Crippen molar-refractivity contribution in [3.05, 3.63) is 46.2 Å². The standard InChI is InChI=1S/C20H27ClN4O/c1-14(2)13-18-19(20(26)24-11-9-23(4)10-12-24)15(3)25(22-18)17-7-5-16(21)6-8-17/h5-8,14H,9-13H2,1-4H3. The lowest BCUT2D eigenvalue weighted by atomic mass is 10.0. The fourth-order valence-electron chi connectivity index (χ4n) is 3.37. The fourth-order valence-corrected chi connectivity index (χ4v) is 3.50. The maximum Gasteiger partial charge on any atom is 0.257 e. The van der Waals surface area contributed by atoms with Gasteiger partial charge in [0.2, 0.25) is 0 Å². The molecule has 0 unspecified atom stereocenters. The average Bonchev–Trinajstić information content (AvgIpc) is 2.91. The number of halogens is 1. The van der Waals surface area contributed by atoms with Crippen LogP contribution in [0.3, 0.4) is 0 Å². The molecule has 1 aromatic carbocycles. The lowest BCUT2D eigenvalue weighted by Crippen LogP contribution is -2.47. The van der Waals surface area contributed by atoms with Crippen LogP contribution in [0.1, 0.15) is 35.6 Å². The smallest absolute Gasteiger partial charge is 0.257 e. The van der Waals surface area contributed by atoms with Crippen molar-refractivity contribution in [2.75, 3.05) is 33.2 Å². The van der Waals surface area contributed by atoms with E-state index in [9.17, 15) is 4.79 Å². The SMILES string of the molecule is Cc1c(C(=O)N2CCN(C)CC2)c(CC(C)C)nn1-c1ccc(Cl)cc1. The molecule has 6 heteroatoms.